The van der Waals surface area contributed by atoms with Crippen LogP contribution >= 0.6 is 0 Å². The molecule has 0 bridgehead atoms. The SMILES string of the molecule is Cc1cc(C(=O)NC2CCC(N)CC2)c(C)n1C(C)c1ccccc1. The number of aryl methyl sites for hydroxylation is 1. The van der Waals surface area contributed by atoms with Crippen LogP contribution in [0.25, 0.3) is 0 Å². The third-order valence-corrected chi connectivity index (χ3v) is 5.51. The van der Waals surface area contributed by atoms with Crippen LogP contribution in [0.2, 0.25) is 0 Å². The number of carbonyl (C=O) groups is 1. The highest BCUT2D eigenvalue weighted by molar-refractivity contribution is 5.96. The number of aromatic nitrogens is 1. The van der Waals surface area contributed by atoms with Gasteiger partial charge in [0.05, 0.1) is 11.6 Å². The van der Waals surface area contributed by atoms with E-state index in [9.17, 15) is 4.79 Å². The number of nitrogens with one attached hydrogen (secondary N) is 1. The van der Waals surface area contributed by atoms with Gasteiger partial charge in [0, 0.05) is 23.5 Å². The van der Waals surface area contributed by atoms with Gasteiger partial charge >= 0.3 is 0 Å². The highest BCUT2D eigenvalue weighted by Gasteiger charge is 2.24. The maximum atomic E-state index is 12.8. The summed E-state index contributed by atoms with van der Waals surface area (Å²) in [6.07, 6.45) is 3.95. The summed E-state index contributed by atoms with van der Waals surface area (Å²) in [6, 6.07) is 13.2. The van der Waals surface area contributed by atoms with E-state index in [1.165, 1.54) is 5.56 Å². The Morgan fingerprint density at radius 3 is 2.44 bits per heavy atom. The van der Waals surface area contributed by atoms with Crippen LogP contribution in [0.3, 0.4) is 0 Å². The first-order chi connectivity index (χ1) is 12.0. The summed E-state index contributed by atoms with van der Waals surface area (Å²) in [5.41, 5.74) is 10.1. The van der Waals surface area contributed by atoms with Crippen LogP contribution < -0.4 is 11.1 Å². The number of nitrogens with zero attached hydrogens (tertiary/aromatic N) is 1. The van der Waals surface area contributed by atoms with Gasteiger partial charge < -0.3 is 15.6 Å². The molecule has 1 fully saturated rings. The minimum Gasteiger partial charge on any atom is -0.349 e. The predicted molar refractivity (Wildman–Crippen MR) is 102 cm³/mol. The van der Waals surface area contributed by atoms with Crippen LogP contribution in [-0.4, -0.2) is 22.6 Å². The molecule has 25 heavy (non-hydrogen) atoms. The van der Waals surface area contributed by atoms with Gasteiger partial charge in [-0.3, -0.25) is 4.79 Å². The predicted octanol–water partition coefficient (Wildman–Crippen LogP) is 3.71. The van der Waals surface area contributed by atoms with Crippen molar-refractivity contribution in [1.29, 1.82) is 0 Å². The lowest BCUT2D eigenvalue weighted by molar-refractivity contribution is 0.0925. The van der Waals surface area contributed by atoms with Crippen molar-refractivity contribution in [1.82, 2.24) is 9.88 Å². The smallest absolute Gasteiger partial charge is 0.253 e. The quantitative estimate of drug-likeness (QED) is 0.892. The fourth-order valence-electron chi connectivity index (χ4n) is 4.01. The molecule has 0 radical (unpaired) electrons. The second kappa shape index (κ2) is 7.44. The normalized spacial score (nSPS) is 21.8. The summed E-state index contributed by atoms with van der Waals surface area (Å²) in [4.78, 5) is 12.8. The van der Waals surface area contributed by atoms with Gasteiger partial charge in [-0.25, -0.2) is 0 Å². The zero-order valence-corrected chi connectivity index (χ0v) is 15.5. The Morgan fingerprint density at radius 2 is 1.80 bits per heavy atom. The lowest BCUT2D eigenvalue weighted by atomic mass is 9.91. The Morgan fingerprint density at radius 1 is 1.16 bits per heavy atom. The molecule has 2 aromatic rings. The summed E-state index contributed by atoms with van der Waals surface area (Å²) < 4.78 is 2.25. The van der Waals surface area contributed by atoms with E-state index in [4.69, 9.17) is 5.73 Å². The first kappa shape index (κ1) is 17.7. The molecule has 3 rings (SSSR count). The zero-order chi connectivity index (χ0) is 18.0. The molecule has 4 nitrogen and oxygen atoms in total. The van der Waals surface area contributed by atoms with Crippen LogP contribution in [0, 0.1) is 13.8 Å². The van der Waals surface area contributed by atoms with Crippen molar-refractivity contribution < 1.29 is 4.79 Å². The maximum Gasteiger partial charge on any atom is 0.253 e. The summed E-state index contributed by atoms with van der Waals surface area (Å²) in [5.74, 6) is 0.0417. The number of benzene rings is 1. The van der Waals surface area contributed by atoms with Crippen LogP contribution in [0.5, 0.6) is 0 Å². The van der Waals surface area contributed by atoms with E-state index in [0.29, 0.717) is 6.04 Å². The van der Waals surface area contributed by atoms with E-state index in [1.807, 2.05) is 19.1 Å². The van der Waals surface area contributed by atoms with Crippen molar-refractivity contribution >= 4 is 5.91 Å². The molecule has 0 aliphatic heterocycles. The van der Waals surface area contributed by atoms with Gasteiger partial charge in [0.1, 0.15) is 0 Å². The molecule has 4 heteroatoms. The third-order valence-electron chi connectivity index (χ3n) is 5.51. The Balaban J connectivity index is 1.78. The van der Waals surface area contributed by atoms with E-state index in [2.05, 4.69) is 48.0 Å². The second-order valence-corrected chi connectivity index (χ2v) is 7.33. The first-order valence-electron chi connectivity index (χ1n) is 9.27. The van der Waals surface area contributed by atoms with Crippen molar-refractivity contribution in [3.8, 4) is 0 Å². The molecule has 0 spiro atoms. The summed E-state index contributed by atoms with van der Waals surface area (Å²) in [5, 5.41) is 3.21. The van der Waals surface area contributed by atoms with Gasteiger partial charge in [-0.05, 0) is 58.1 Å². The minimum absolute atomic E-state index is 0.0417. The molecule has 3 N–H and O–H groups in total. The fraction of sp³-hybridized carbons (Fsp3) is 0.476. The van der Waals surface area contributed by atoms with Gasteiger partial charge in [0.2, 0.25) is 0 Å². The lowest BCUT2D eigenvalue weighted by Crippen LogP contribution is -2.40. The Bertz CT molecular complexity index is 727. The van der Waals surface area contributed by atoms with Crippen LogP contribution in [0.15, 0.2) is 36.4 Å². The number of hydrogen-bond donors (Lipinski definition) is 2. The molecule has 1 atom stereocenters. The van der Waals surface area contributed by atoms with E-state index in [0.717, 1.165) is 42.6 Å². The second-order valence-electron chi connectivity index (χ2n) is 7.33. The summed E-state index contributed by atoms with van der Waals surface area (Å²) in [6.45, 7) is 6.29. The minimum atomic E-state index is 0.0417. The highest BCUT2D eigenvalue weighted by Crippen LogP contribution is 2.26. The van der Waals surface area contributed by atoms with E-state index >= 15 is 0 Å². The van der Waals surface area contributed by atoms with E-state index < -0.39 is 0 Å². The van der Waals surface area contributed by atoms with Crippen molar-refractivity contribution in [3.63, 3.8) is 0 Å². The number of amides is 1. The average molecular weight is 339 g/mol. The Labute approximate surface area is 150 Å². The molecule has 134 valence electrons. The van der Waals surface area contributed by atoms with Crippen molar-refractivity contribution in [2.75, 3.05) is 0 Å². The lowest BCUT2D eigenvalue weighted by Gasteiger charge is -2.26. The van der Waals surface area contributed by atoms with Crippen LogP contribution in [-0.2, 0) is 0 Å². The number of carbonyl (C=O) groups excluding carboxylic acids is 1. The largest absolute Gasteiger partial charge is 0.349 e. The maximum absolute atomic E-state index is 12.8. The van der Waals surface area contributed by atoms with Gasteiger partial charge in [0.15, 0.2) is 0 Å². The van der Waals surface area contributed by atoms with Crippen molar-refractivity contribution in [2.24, 2.45) is 5.73 Å². The molecule has 1 amide bonds. The molecule has 1 unspecified atom stereocenters. The zero-order valence-electron chi connectivity index (χ0n) is 15.5. The molecule has 1 aliphatic carbocycles. The molecular weight excluding hydrogens is 310 g/mol. The van der Waals surface area contributed by atoms with E-state index in [-0.39, 0.29) is 18.0 Å². The molecule has 1 heterocycles. The number of hydrogen-bond acceptors (Lipinski definition) is 2. The van der Waals surface area contributed by atoms with Crippen molar-refractivity contribution in [2.45, 2.75) is 64.6 Å². The van der Waals surface area contributed by atoms with Gasteiger partial charge in [-0.1, -0.05) is 30.3 Å². The van der Waals surface area contributed by atoms with Crippen LogP contribution in [0.4, 0.5) is 0 Å². The molecule has 1 saturated carbocycles. The standard InChI is InChI=1S/C21H29N3O/c1-14-13-20(21(25)23-19-11-9-18(22)10-12-19)16(3)24(14)15(2)17-7-5-4-6-8-17/h4-8,13,15,18-19H,9-12,22H2,1-3H3,(H,23,25). The highest BCUT2D eigenvalue weighted by atomic mass is 16.1. The molecular formula is C21H29N3O. The van der Waals surface area contributed by atoms with Gasteiger partial charge in [-0.15, -0.1) is 0 Å². The summed E-state index contributed by atoms with van der Waals surface area (Å²) >= 11 is 0. The molecule has 1 aromatic heterocycles. The van der Waals surface area contributed by atoms with Gasteiger partial charge in [0.25, 0.3) is 5.91 Å². The Kier molecular flexibility index (Phi) is 5.28. The number of nitrogens with two attached hydrogens (primary N) is 1. The van der Waals surface area contributed by atoms with Crippen LogP contribution in [0.1, 0.15) is 66.0 Å². The Hall–Kier alpha value is -2.07. The molecule has 1 aliphatic rings. The van der Waals surface area contributed by atoms with Gasteiger partial charge in [-0.2, -0.15) is 0 Å². The summed E-state index contributed by atoms with van der Waals surface area (Å²) in [7, 11) is 0. The monoisotopic (exact) mass is 339 g/mol. The van der Waals surface area contributed by atoms with Crippen molar-refractivity contribution in [3.05, 3.63) is 58.9 Å². The molecule has 0 saturated heterocycles. The average Bonchev–Trinajstić information content (AvgIpc) is 2.91. The third kappa shape index (κ3) is 3.79. The van der Waals surface area contributed by atoms with E-state index in [1.54, 1.807) is 0 Å². The number of rotatable bonds is 4. The fourth-order valence-corrected chi connectivity index (χ4v) is 4.01. The molecule has 1 aromatic carbocycles. The first-order valence-corrected chi connectivity index (χ1v) is 9.27. The topological polar surface area (TPSA) is 60.1 Å².